The third-order valence-electron chi connectivity index (χ3n) is 7.33. The van der Waals surface area contributed by atoms with Crippen LogP contribution < -0.4 is 0 Å². The molecule has 0 bridgehead atoms. The van der Waals surface area contributed by atoms with Gasteiger partial charge in [-0.05, 0) is 62.4 Å². The van der Waals surface area contributed by atoms with Gasteiger partial charge >= 0.3 is 0 Å². The number of aryl methyl sites for hydroxylation is 1. The number of allylic oxidation sites excluding steroid dienone is 1. The second-order valence-corrected chi connectivity index (χ2v) is 11.0. The lowest BCUT2D eigenvalue weighted by Gasteiger charge is -2.32. The molecule has 0 amide bonds. The quantitative estimate of drug-likeness (QED) is 0.194. The van der Waals surface area contributed by atoms with Gasteiger partial charge in [0, 0.05) is 59.2 Å². The van der Waals surface area contributed by atoms with Gasteiger partial charge in [-0.3, -0.25) is 0 Å². The smallest absolute Gasteiger partial charge is 0.0865 e. The van der Waals surface area contributed by atoms with E-state index < -0.39 is 0 Å². The van der Waals surface area contributed by atoms with Crippen LogP contribution in [0.25, 0.3) is 11.4 Å². The summed E-state index contributed by atoms with van der Waals surface area (Å²) in [5, 5.41) is 0. The fourth-order valence-electron chi connectivity index (χ4n) is 5.30. The van der Waals surface area contributed by atoms with Crippen molar-refractivity contribution in [1.82, 2.24) is 9.80 Å². The van der Waals surface area contributed by atoms with Crippen LogP contribution in [0.1, 0.15) is 54.4 Å². The highest BCUT2D eigenvalue weighted by molar-refractivity contribution is 7.99. The molecule has 0 aliphatic carbocycles. The highest BCUT2D eigenvalue weighted by Gasteiger charge is 2.18. The van der Waals surface area contributed by atoms with Crippen molar-refractivity contribution in [2.75, 3.05) is 26.7 Å². The van der Waals surface area contributed by atoms with Crippen molar-refractivity contribution in [3.8, 4) is 0 Å². The minimum absolute atomic E-state index is 0.234. The zero-order valence-corrected chi connectivity index (χ0v) is 23.9. The highest BCUT2D eigenvalue weighted by atomic mass is 32.2. The predicted octanol–water partition coefficient (Wildman–Crippen LogP) is 9.02. The lowest BCUT2D eigenvalue weighted by atomic mass is 9.98. The second-order valence-electron chi connectivity index (χ2n) is 9.96. The molecule has 1 unspecified atom stereocenters. The maximum absolute atomic E-state index is 4.09. The third-order valence-corrected chi connectivity index (χ3v) is 8.59. The predicted molar refractivity (Wildman–Crippen MR) is 165 cm³/mol. The minimum atomic E-state index is 0.234. The number of rotatable bonds is 10. The van der Waals surface area contributed by atoms with Crippen molar-refractivity contribution >= 4 is 23.2 Å². The summed E-state index contributed by atoms with van der Waals surface area (Å²) in [5.74, 6) is 0.234. The highest BCUT2D eigenvalue weighted by Crippen LogP contribution is 2.38. The van der Waals surface area contributed by atoms with Gasteiger partial charge in [0.1, 0.15) is 0 Å². The van der Waals surface area contributed by atoms with E-state index in [2.05, 4.69) is 128 Å². The molecule has 0 N–H and O–H groups in total. The Morgan fingerprint density at radius 2 is 1.71 bits per heavy atom. The Kier molecular flexibility index (Phi) is 9.76. The van der Waals surface area contributed by atoms with E-state index in [1.807, 2.05) is 17.8 Å². The van der Waals surface area contributed by atoms with E-state index >= 15 is 0 Å². The van der Waals surface area contributed by atoms with E-state index in [1.165, 1.54) is 51.4 Å². The molecule has 196 valence electrons. The zero-order chi connectivity index (χ0) is 26.9. The zero-order valence-electron chi connectivity index (χ0n) is 23.1. The number of hydrogen-bond donors (Lipinski definition) is 0. The van der Waals surface area contributed by atoms with Crippen LogP contribution in [0.5, 0.6) is 0 Å². The first-order chi connectivity index (χ1) is 18.5. The average molecular weight is 521 g/mol. The first-order valence-electron chi connectivity index (χ1n) is 13.6. The normalized spacial score (nSPS) is 14.5. The van der Waals surface area contributed by atoms with E-state index in [0.717, 1.165) is 30.9 Å². The summed E-state index contributed by atoms with van der Waals surface area (Å²) in [6, 6.07) is 26.1. The van der Waals surface area contributed by atoms with Crippen molar-refractivity contribution < 1.29 is 0 Å². The van der Waals surface area contributed by atoms with Gasteiger partial charge in [-0.2, -0.15) is 0 Å². The Bertz CT molecular complexity index is 1310. The Morgan fingerprint density at radius 3 is 2.37 bits per heavy atom. The Hall–Kier alpha value is -3.39. The molecular weight excluding hydrogens is 480 g/mol. The van der Waals surface area contributed by atoms with Gasteiger partial charge in [-0.25, -0.2) is 0 Å². The summed E-state index contributed by atoms with van der Waals surface area (Å²) in [5.41, 5.74) is 10.6. The van der Waals surface area contributed by atoms with Gasteiger partial charge in [0.2, 0.25) is 0 Å². The molecule has 0 saturated carbocycles. The molecule has 38 heavy (non-hydrogen) atoms. The lowest BCUT2D eigenvalue weighted by Crippen LogP contribution is -2.28. The Balaban J connectivity index is 1.54. The summed E-state index contributed by atoms with van der Waals surface area (Å²) >= 11 is 1.86. The van der Waals surface area contributed by atoms with Crippen molar-refractivity contribution in [3.63, 3.8) is 0 Å². The second kappa shape index (κ2) is 13.4. The van der Waals surface area contributed by atoms with Crippen LogP contribution in [0.4, 0.5) is 0 Å². The molecule has 2 nitrogen and oxygen atoms in total. The molecule has 4 rings (SSSR count). The van der Waals surface area contributed by atoms with Crippen LogP contribution in [0.15, 0.2) is 114 Å². The van der Waals surface area contributed by atoms with Crippen LogP contribution in [0, 0.1) is 6.92 Å². The molecule has 0 spiro atoms. The summed E-state index contributed by atoms with van der Waals surface area (Å²) in [4.78, 5) is 7.37. The number of likely N-dealkylation sites (N-methyl/N-ethyl adjacent to an activating group) is 1. The molecule has 1 saturated heterocycles. The number of nitrogens with zero attached hydrogens (tertiary/aromatic N) is 2. The monoisotopic (exact) mass is 520 g/mol. The van der Waals surface area contributed by atoms with Crippen LogP contribution in [-0.4, -0.2) is 36.5 Å². The van der Waals surface area contributed by atoms with Crippen molar-refractivity contribution in [1.29, 1.82) is 0 Å². The van der Waals surface area contributed by atoms with Gasteiger partial charge in [0.25, 0.3) is 0 Å². The van der Waals surface area contributed by atoms with Gasteiger partial charge < -0.3 is 9.80 Å². The standard InChI is InChI=1S/C35H40N2S/c1-6-28(29-17-11-9-12-18-29)26-36(5)32(7-2)30-21-22-34(27(4)25-30)38-35-20-14-13-19-31(35)33(8-3)37-23-15-10-16-24-37/h6,8-9,11-14,17-22,25,28H,1-2,10,15-16,23-24,26H2,3-5H3/b33-8-. The molecule has 0 aromatic heterocycles. The lowest BCUT2D eigenvalue weighted by molar-refractivity contribution is 0.325. The average Bonchev–Trinajstić information content (AvgIpc) is 2.96. The summed E-state index contributed by atoms with van der Waals surface area (Å²) in [7, 11) is 2.11. The van der Waals surface area contributed by atoms with E-state index in [9.17, 15) is 0 Å². The summed E-state index contributed by atoms with van der Waals surface area (Å²) in [6.07, 6.45) is 8.20. The summed E-state index contributed by atoms with van der Waals surface area (Å²) in [6.45, 7) is 15.6. The fraction of sp³-hybridized carbons (Fsp3) is 0.286. The minimum Gasteiger partial charge on any atom is -0.371 e. The van der Waals surface area contributed by atoms with Crippen LogP contribution >= 0.6 is 11.8 Å². The van der Waals surface area contributed by atoms with Crippen molar-refractivity contribution in [2.24, 2.45) is 0 Å². The Labute approximate surface area is 234 Å². The Morgan fingerprint density at radius 1 is 1.00 bits per heavy atom. The SMILES string of the molecule is C=C=C(c1ccc(Sc2ccccc2/C(=C/C)N2CCCCC2)c(C)c1)N(C)CC(C=C)c1ccccc1. The molecule has 1 aliphatic heterocycles. The molecule has 1 heterocycles. The molecule has 3 aromatic rings. The van der Waals surface area contributed by atoms with Gasteiger partial charge in [0.15, 0.2) is 0 Å². The summed E-state index contributed by atoms with van der Waals surface area (Å²) < 4.78 is 0. The molecule has 0 radical (unpaired) electrons. The molecule has 3 heteroatoms. The first-order valence-corrected chi connectivity index (χ1v) is 14.5. The van der Waals surface area contributed by atoms with Gasteiger partial charge in [-0.15, -0.1) is 12.3 Å². The maximum Gasteiger partial charge on any atom is 0.0865 e. The van der Waals surface area contributed by atoms with E-state index in [0.29, 0.717) is 0 Å². The van der Waals surface area contributed by atoms with Crippen LogP contribution in [0.3, 0.4) is 0 Å². The van der Waals surface area contributed by atoms with Gasteiger partial charge in [0.05, 0.1) is 5.70 Å². The number of benzene rings is 3. The maximum atomic E-state index is 4.09. The van der Waals surface area contributed by atoms with E-state index in [1.54, 1.807) is 0 Å². The molecule has 1 fully saturated rings. The van der Waals surface area contributed by atoms with Gasteiger partial charge in [-0.1, -0.05) is 85.1 Å². The van der Waals surface area contributed by atoms with Crippen LogP contribution in [-0.2, 0) is 0 Å². The molecule has 1 aliphatic rings. The van der Waals surface area contributed by atoms with E-state index in [4.69, 9.17) is 0 Å². The number of piperidine rings is 1. The molecule has 1 atom stereocenters. The topological polar surface area (TPSA) is 6.48 Å². The first kappa shape index (κ1) is 27.6. The van der Waals surface area contributed by atoms with Crippen LogP contribution in [0.2, 0.25) is 0 Å². The fourth-order valence-corrected chi connectivity index (χ4v) is 6.32. The molecule has 3 aromatic carbocycles. The van der Waals surface area contributed by atoms with Crippen molar-refractivity contribution in [3.05, 3.63) is 126 Å². The van der Waals surface area contributed by atoms with Crippen molar-refractivity contribution in [2.45, 2.75) is 48.8 Å². The largest absolute Gasteiger partial charge is 0.371 e. The third kappa shape index (κ3) is 6.54. The number of likely N-dealkylation sites (tertiary alicyclic amines) is 1. The van der Waals surface area contributed by atoms with E-state index in [-0.39, 0.29) is 5.92 Å². The molecular formula is C35H40N2S. The number of hydrogen-bond acceptors (Lipinski definition) is 3.